The Morgan fingerprint density at radius 3 is 2.57 bits per heavy atom. The highest BCUT2D eigenvalue weighted by Gasteiger charge is 2.15. The minimum Gasteiger partial charge on any atom is -0.444 e. The van der Waals surface area contributed by atoms with Crippen molar-refractivity contribution in [1.82, 2.24) is 15.3 Å². The highest BCUT2D eigenvalue weighted by molar-refractivity contribution is 8.76. The zero-order chi connectivity index (χ0) is 17.3. The lowest BCUT2D eigenvalue weighted by Crippen LogP contribution is -2.33. The maximum Gasteiger partial charge on any atom is 0.407 e. The molecule has 0 fully saturated rings. The topological polar surface area (TPSA) is 76.1 Å². The Hall–Kier alpha value is -0.570. The smallest absolute Gasteiger partial charge is 0.407 e. The molecule has 0 aliphatic carbocycles. The summed E-state index contributed by atoms with van der Waals surface area (Å²) < 4.78 is 5.14. The van der Waals surface area contributed by atoms with Crippen LogP contribution in [0.4, 0.5) is 10.6 Å². The van der Waals surface area contributed by atoms with Gasteiger partial charge in [-0.15, -0.1) is 0 Å². The molecule has 6 nitrogen and oxygen atoms in total. The summed E-state index contributed by atoms with van der Waals surface area (Å²) in [6, 6.07) is 0. The number of anilines is 1. The lowest BCUT2D eigenvalue weighted by molar-refractivity contribution is 0.0531. The molecule has 0 spiro atoms. The average molecular weight is 399 g/mol. The standard InChI is InChI=1S/C13H20Cl2N4O2S2/c1-13(2,3)21-12(20)17-5-7-23-22-6-4-16-10-9(14)8-18-11(15)19-10/h8H,4-7H2,1-3H3,(H,17,20)(H,16,18,19). The van der Waals surface area contributed by atoms with Crippen LogP contribution in [0.25, 0.3) is 0 Å². The van der Waals surface area contributed by atoms with Gasteiger partial charge in [0.15, 0.2) is 0 Å². The van der Waals surface area contributed by atoms with E-state index in [1.54, 1.807) is 21.6 Å². The minimum absolute atomic E-state index is 0.159. The number of ether oxygens (including phenoxy) is 1. The fourth-order valence-electron chi connectivity index (χ4n) is 1.31. The fourth-order valence-corrected chi connectivity index (χ4v) is 3.41. The molecule has 2 N–H and O–H groups in total. The SMILES string of the molecule is CC(C)(C)OC(=O)NCCSSCCNc1nc(Cl)ncc1Cl. The number of alkyl carbamates (subject to hydrolysis) is 1. The predicted octanol–water partition coefficient (Wildman–Crippen LogP) is 4.10. The molecule has 0 bridgehead atoms. The molecule has 0 saturated heterocycles. The van der Waals surface area contributed by atoms with Crippen LogP contribution in [-0.4, -0.2) is 46.3 Å². The van der Waals surface area contributed by atoms with Gasteiger partial charge in [-0.1, -0.05) is 33.2 Å². The maximum atomic E-state index is 11.4. The summed E-state index contributed by atoms with van der Waals surface area (Å²) in [5.74, 6) is 2.18. The molecule has 0 saturated carbocycles. The van der Waals surface area contributed by atoms with Crippen molar-refractivity contribution in [2.45, 2.75) is 26.4 Å². The normalized spacial score (nSPS) is 11.2. The van der Waals surface area contributed by atoms with E-state index < -0.39 is 5.60 Å². The number of rotatable bonds is 8. The number of carbonyl (C=O) groups is 1. The zero-order valence-corrected chi connectivity index (χ0v) is 16.3. The molecular formula is C13H20Cl2N4O2S2. The van der Waals surface area contributed by atoms with Gasteiger partial charge in [0, 0.05) is 24.6 Å². The summed E-state index contributed by atoms with van der Waals surface area (Å²) in [6.07, 6.45) is 1.07. The van der Waals surface area contributed by atoms with Gasteiger partial charge in [0.25, 0.3) is 0 Å². The molecule has 23 heavy (non-hydrogen) atoms. The largest absolute Gasteiger partial charge is 0.444 e. The molecule has 0 atom stereocenters. The van der Waals surface area contributed by atoms with E-state index >= 15 is 0 Å². The molecule has 0 unspecified atom stereocenters. The second-order valence-corrected chi connectivity index (χ2v) is 8.78. The van der Waals surface area contributed by atoms with Crippen LogP contribution >= 0.6 is 44.8 Å². The Morgan fingerprint density at radius 1 is 1.26 bits per heavy atom. The van der Waals surface area contributed by atoms with E-state index in [0.717, 1.165) is 11.5 Å². The Kier molecular flexibility index (Phi) is 9.19. The number of nitrogens with zero attached hydrogens (tertiary/aromatic N) is 2. The van der Waals surface area contributed by atoms with Crippen LogP contribution < -0.4 is 10.6 Å². The van der Waals surface area contributed by atoms with Crippen molar-refractivity contribution < 1.29 is 9.53 Å². The summed E-state index contributed by atoms with van der Waals surface area (Å²) in [5.41, 5.74) is -0.469. The van der Waals surface area contributed by atoms with E-state index in [9.17, 15) is 4.79 Å². The number of amides is 1. The molecule has 1 aromatic heterocycles. The molecule has 0 aliphatic heterocycles. The van der Waals surface area contributed by atoms with E-state index in [1.165, 1.54) is 6.20 Å². The minimum atomic E-state index is -0.469. The van der Waals surface area contributed by atoms with E-state index in [4.69, 9.17) is 27.9 Å². The third-order valence-electron chi connectivity index (χ3n) is 2.13. The van der Waals surface area contributed by atoms with Gasteiger partial charge in [-0.05, 0) is 32.4 Å². The molecule has 0 radical (unpaired) electrons. The molecule has 1 aromatic rings. The molecule has 1 heterocycles. The van der Waals surface area contributed by atoms with Gasteiger partial charge in [0.2, 0.25) is 5.28 Å². The fraction of sp³-hybridized carbons (Fsp3) is 0.615. The monoisotopic (exact) mass is 398 g/mol. The first-order chi connectivity index (χ1) is 10.8. The molecule has 1 amide bonds. The summed E-state index contributed by atoms with van der Waals surface area (Å²) in [6.45, 7) is 6.77. The van der Waals surface area contributed by atoms with Gasteiger partial charge in [0.1, 0.15) is 16.4 Å². The van der Waals surface area contributed by atoms with Gasteiger partial charge in [-0.2, -0.15) is 4.98 Å². The Balaban J connectivity index is 2.04. The number of carbonyl (C=O) groups excluding carboxylic acids is 1. The van der Waals surface area contributed by atoms with Crippen LogP contribution in [0.15, 0.2) is 6.20 Å². The molecule has 0 aromatic carbocycles. The van der Waals surface area contributed by atoms with Crippen molar-refractivity contribution in [3.05, 3.63) is 16.5 Å². The van der Waals surface area contributed by atoms with Gasteiger partial charge in [0.05, 0.1) is 6.20 Å². The highest BCUT2D eigenvalue weighted by Crippen LogP contribution is 2.22. The highest BCUT2D eigenvalue weighted by atomic mass is 35.5. The summed E-state index contributed by atoms with van der Waals surface area (Å²) in [7, 11) is 3.36. The quantitative estimate of drug-likeness (QED) is 0.387. The average Bonchev–Trinajstić information content (AvgIpc) is 2.43. The van der Waals surface area contributed by atoms with Crippen molar-refractivity contribution in [2.75, 3.05) is 29.9 Å². The number of halogens is 2. The molecule has 0 aliphatic rings. The summed E-state index contributed by atoms with van der Waals surface area (Å²) in [5, 5.41) is 6.40. The second kappa shape index (κ2) is 10.3. The van der Waals surface area contributed by atoms with Crippen LogP contribution in [0, 0.1) is 0 Å². The van der Waals surface area contributed by atoms with Crippen molar-refractivity contribution in [2.24, 2.45) is 0 Å². The number of hydrogen-bond acceptors (Lipinski definition) is 7. The van der Waals surface area contributed by atoms with E-state index in [-0.39, 0.29) is 11.4 Å². The predicted molar refractivity (Wildman–Crippen MR) is 99.7 cm³/mol. The van der Waals surface area contributed by atoms with Crippen molar-refractivity contribution in [3.8, 4) is 0 Å². The van der Waals surface area contributed by atoms with Crippen molar-refractivity contribution >= 4 is 56.7 Å². The van der Waals surface area contributed by atoms with Crippen LogP contribution in [0.2, 0.25) is 10.3 Å². The second-order valence-electron chi connectivity index (χ2n) is 5.33. The summed E-state index contributed by atoms with van der Waals surface area (Å²) in [4.78, 5) is 19.2. The lowest BCUT2D eigenvalue weighted by atomic mass is 10.2. The number of hydrogen-bond donors (Lipinski definition) is 2. The van der Waals surface area contributed by atoms with Crippen LogP contribution in [0.5, 0.6) is 0 Å². The van der Waals surface area contributed by atoms with Crippen LogP contribution in [0.1, 0.15) is 20.8 Å². The zero-order valence-electron chi connectivity index (χ0n) is 13.2. The van der Waals surface area contributed by atoms with E-state index in [2.05, 4.69) is 20.6 Å². The van der Waals surface area contributed by atoms with Crippen molar-refractivity contribution in [3.63, 3.8) is 0 Å². The third kappa shape index (κ3) is 10.0. The van der Waals surface area contributed by atoms with Crippen LogP contribution in [0.3, 0.4) is 0 Å². The Bertz CT molecular complexity index is 515. The molecule has 10 heteroatoms. The van der Waals surface area contributed by atoms with Crippen LogP contribution in [-0.2, 0) is 4.74 Å². The first-order valence-corrected chi connectivity index (χ1v) is 10.2. The molecule has 130 valence electrons. The summed E-state index contributed by atoms with van der Waals surface area (Å²) >= 11 is 11.6. The van der Waals surface area contributed by atoms with Gasteiger partial charge >= 0.3 is 6.09 Å². The van der Waals surface area contributed by atoms with Gasteiger partial charge in [-0.25, -0.2) is 9.78 Å². The Morgan fingerprint density at radius 2 is 1.91 bits per heavy atom. The van der Waals surface area contributed by atoms with Crippen molar-refractivity contribution in [1.29, 1.82) is 0 Å². The molecular weight excluding hydrogens is 379 g/mol. The number of aromatic nitrogens is 2. The maximum absolute atomic E-state index is 11.4. The third-order valence-corrected chi connectivity index (χ3v) is 5.00. The molecule has 1 rings (SSSR count). The first kappa shape index (κ1) is 20.5. The Labute approximate surface area is 154 Å². The van der Waals surface area contributed by atoms with Gasteiger partial charge < -0.3 is 15.4 Å². The first-order valence-electron chi connectivity index (χ1n) is 6.91. The van der Waals surface area contributed by atoms with E-state index in [0.29, 0.717) is 23.9 Å². The van der Waals surface area contributed by atoms with E-state index in [1.807, 2.05) is 20.8 Å². The number of nitrogens with one attached hydrogen (secondary N) is 2. The lowest BCUT2D eigenvalue weighted by Gasteiger charge is -2.19. The van der Waals surface area contributed by atoms with Gasteiger partial charge in [-0.3, -0.25) is 0 Å².